The molecular formula is C22H36N2O3Si. The van der Waals surface area contributed by atoms with Crippen LogP contribution in [0.1, 0.15) is 53.7 Å². The van der Waals surface area contributed by atoms with Crippen LogP contribution in [-0.2, 0) is 22.4 Å². The van der Waals surface area contributed by atoms with Crippen LogP contribution >= 0.6 is 0 Å². The molecular weight excluding hydrogens is 368 g/mol. The summed E-state index contributed by atoms with van der Waals surface area (Å²) in [7, 11) is -0.290. The van der Waals surface area contributed by atoms with Crippen LogP contribution in [0.25, 0.3) is 10.9 Å². The predicted molar refractivity (Wildman–Crippen MR) is 117 cm³/mol. The summed E-state index contributed by atoms with van der Waals surface area (Å²) < 4.78 is 13.8. The Hall–Kier alpha value is -1.66. The summed E-state index contributed by atoms with van der Waals surface area (Å²) in [5.41, 5.74) is 1.35. The van der Waals surface area contributed by atoms with Crippen LogP contribution in [0.5, 0.6) is 5.75 Å². The van der Waals surface area contributed by atoms with E-state index in [0.29, 0.717) is 12.4 Å². The fraction of sp³-hybridized carbons (Fsp3) is 0.636. The summed E-state index contributed by atoms with van der Waals surface area (Å²) in [5.74, 6) is 0.891. The number of ketones is 1. The zero-order valence-electron chi connectivity index (χ0n) is 19.0. The van der Waals surface area contributed by atoms with Gasteiger partial charge < -0.3 is 9.16 Å². The van der Waals surface area contributed by atoms with Crippen LogP contribution in [0.2, 0.25) is 18.1 Å². The third-order valence-corrected chi connectivity index (χ3v) is 10.8. The number of carbonyl (C=O) groups is 1. The topological polar surface area (TPSA) is 53.4 Å². The molecule has 0 atom stereocenters. The molecule has 28 heavy (non-hydrogen) atoms. The van der Waals surface area contributed by atoms with Crippen LogP contribution in [0.3, 0.4) is 0 Å². The molecule has 1 aromatic heterocycles. The number of aromatic nitrogens is 2. The Morgan fingerprint density at radius 3 is 2.36 bits per heavy atom. The van der Waals surface area contributed by atoms with Gasteiger partial charge in [0.15, 0.2) is 14.1 Å². The molecule has 0 saturated heterocycles. The van der Waals surface area contributed by atoms with E-state index in [9.17, 15) is 4.79 Å². The Morgan fingerprint density at radius 2 is 1.82 bits per heavy atom. The summed E-state index contributed by atoms with van der Waals surface area (Å²) >= 11 is 0. The normalized spacial score (nSPS) is 13.2. The second-order valence-electron chi connectivity index (χ2n) is 9.67. The van der Waals surface area contributed by atoms with Gasteiger partial charge in [-0.15, -0.1) is 0 Å². The molecule has 0 radical (unpaired) electrons. The maximum absolute atomic E-state index is 12.9. The van der Waals surface area contributed by atoms with Gasteiger partial charge in [-0.05, 0) is 30.6 Å². The highest BCUT2D eigenvalue weighted by atomic mass is 28.4. The number of hydrogen-bond acceptors (Lipinski definition) is 4. The predicted octanol–water partition coefficient (Wildman–Crippen LogP) is 5.57. The summed E-state index contributed by atoms with van der Waals surface area (Å²) in [4.78, 5) is 12.9. The van der Waals surface area contributed by atoms with Crippen molar-refractivity contribution in [3.05, 3.63) is 23.9 Å². The minimum Gasteiger partial charge on any atom is -0.494 e. The molecule has 2 rings (SSSR count). The highest BCUT2D eigenvalue weighted by Gasteiger charge is 2.37. The van der Waals surface area contributed by atoms with Crippen molar-refractivity contribution in [1.82, 2.24) is 9.78 Å². The molecule has 0 amide bonds. The van der Waals surface area contributed by atoms with Gasteiger partial charge in [-0.3, -0.25) is 9.48 Å². The number of fused-ring (bicyclic) bond motifs is 1. The largest absolute Gasteiger partial charge is 0.494 e. The maximum atomic E-state index is 12.9. The van der Waals surface area contributed by atoms with Crippen molar-refractivity contribution in [2.45, 2.75) is 79.2 Å². The molecule has 0 bridgehead atoms. The van der Waals surface area contributed by atoms with Crippen molar-refractivity contribution < 1.29 is 14.0 Å². The Labute approximate surface area is 170 Å². The quantitative estimate of drug-likeness (QED) is 0.540. The van der Waals surface area contributed by atoms with E-state index < -0.39 is 8.32 Å². The second kappa shape index (κ2) is 7.99. The van der Waals surface area contributed by atoms with Crippen molar-refractivity contribution in [3.63, 3.8) is 0 Å². The number of ether oxygens (including phenoxy) is 1. The number of Topliss-reactive ketones (excluding diaryl/α,β-unsaturated/α-hetero) is 1. The molecule has 0 saturated carbocycles. The number of rotatable bonds is 8. The third-order valence-electron chi connectivity index (χ3n) is 6.37. The standard InChI is InChI=1S/C22H36N2O3Si/c1-10-22(5,6)19(25)14-24-17(15-27-28(8,9)21(2,3)4)16-12-11-13-18(26-7)20(16)23-24/h11-13H,10,14-15H2,1-9H3. The van der Waals surface area contributed by atoms with Gasteiger partial charge >= 0.3 is 0 Å². The molecule has 0 aliphatic rings. The van der Waals surface area contributed by atoms with Gasteiger partial charge in [0.25, 0.3) is 0 Å². The molecule has 0 aliphatic heterocycles. The molecule has 0 fully saturated rings. The summed E-state index contributed by atoms with van der Waals surface area (Å²) in [6.07, 6.45) is 0.797. The molecule has 0 N–H and O–H groups in total. The number of benzene rings is 1. The molecule has 0 aliphatic carbocycles. The Morgan fingerprint density at radius 1 is 1.18 bits per heavy atom. The summed E-state index contributed by atoms with van der Waals surface area (Å²) in [6, 6.07) is 5.89. The van der Waals surface area contributed by atoms with E-state index >= 15 is 0 Å². The molecule has 156 valence electrons. The monoisotopic (exact) mass is 404 g/mol. The summed E-state index contributed by atoms with van der Waals surface area (Å²) in [6.45, 7) is 17.9. The van der Waals surface area contributed by atoms with Crippen LogP contribution in [0.4, 0.5) is 0 Å². The van der Waals surface area contributed by atoms with Gasteiger partial charge in [0.05, 0.1) is 19.4 Å². The molecule has 1 aromatic carbocycles. The van der Waals surface area contributed by atoms with Crippen molar-refractivity contribution in [3.8, 4) is 5.75 Å². The van der Waals surface area contributed by atoms with Crippen molar-refractivity contribution in [1.29, 1.82) is 0 Å². The minimum atomic E-state index is -1.93. The summed E-state index contributed by atoms with van der Waals surface area (Å²) in [5, 5.41) is 5.84. The van der Waals surface area contributed by atoms with Gasteiger partial charge in [-0.2, -0.15) is 5.10 Å². The number of methoxy groups -OCH3 is 1. The first kappa shape index (κ1) is 22.6. The fourth-order valence-corrected chi connectivity index (χ4v) is 3.57. The lowest BCUT2D eigenvalue weighted by Crippen LogP contribution is -2.40. The molecule has 2 aromatic rings. The van der Waals surface area contributed by atoms with E-state index in [1.54, 1.807) is 7.11 Å². The Balaban J connectivity index is 2.48. The van der Waals surface area contributed by atoms with Crippen molar-refractivity contribution in [2.24, 2.45) is 5.41 Å². The zero-order chi connectivity index (χ0) is 21.3. The van der Waals surface area contributed by atoms with E-state index in [2.05, 4.69) is 33.9 Å². The minimum absolute atomic E-state index is 0.116. The van der Waals surface area contributed by atoms with E-state index in [1.165, 1.54) is 0 Å². The molecule has 0 spiro atoms. The average molecular weight is 405 g/mol. The molecule has 5 nitrogen and oxygen atoms in total. The fourth-order valence-electron chi connectivity index (χ4n) is 2.64. The number of carbonyl (C=O) groups excluding carboxylic acids is 1. The SMILES string of the molecule is CCC(C)(C)C(=O)Cn1nc2c(OC)cccc2c1CO[Si](C)(C)C(C)(C)C. The lowest BCUT2D eigenvalue weighted by Gasteiger charge is -2.36. The van der Waals surface area contributed by atoms with Gasteiger partial charge in [-0.25, -0.2) is 0 Å². The smallest absolute Gasteiger partial charge is 0.192 e. The maximum Gasteiger partial charge on any atom is 0.192 e. The first-order chi connectivity index (χ1) is 12.8. The molecule has 6 heteroatoms. The highest BCUT2D eigenvalue weighted by Crippen LogP contribution is 2.38. The van der Waals surface area contributed by atoms with Gasteiger partial charge in [0.1, 0.15) is 17.8 Å². The van der Waals surface area contributed by atoms with Crippen molar-refractivity contribution >= 4 is 25.0 Å². The van der Waals surface area contributed by atoms with Crippen LogP contribution < -0.4 is 4.74 Å². The van der Waals surface area contributed by atoms with E-state index in [0.717, 1.165) is 23.0 Å². The first-order valence-corrected chi connectivity index (χ1v) is 12.9. The van der Waals surface area contributed by atoms with E-state index in [-0.39, 0.29) is 22.8 Å². The van der Waals surface area contributed by atoms with Gasteiger partial charge in [0, 0.05) is 10.8 Å². The van der Waals surface area contributed by atoms with Gasteiger partial charge in [-0.1, -0.05) is 53.7 Å². The van der Waals surface area contributed by atoms with Crippen LogP contribution in [0, 0.1) is 5.41 Å². The second-order valence-corrected chi connectivity index (χ2v) is 14.5. The van der Waals surface area contributed by atoms with E-state index in [4.69, 9.17) is 14.3 Å². The van der Waals surface area contributed by atoms with Crippen LogP contribution in [0.15, 0.2) is 18.2 Å². The Bertz CT molecular complexity index is 847. The highest BCUT2D eigenvalue weighted by molar-refractivity contribution is 6.74. The number of hydrogen-bond donors (Lipinski definition) is 0. The first-order valence-electron chi connectivity index (χ1n) is 10.0. The zero-order valence-corrected chi connectivity index (χ0v) is 20.0. The average Bonchev–Trinajstić information content (AvgIpc) is 2.96. The van der Waals surface area contributed by atoms with Gasteiger partial charge in [0.2, 0.25) is 0 Å². The lowest BCUT2D eigenvalue weighted by molar-refractivity contribution is -0.128. The third kappa shape index (κ3) is 4.49. The molecule has 1 heterocycles. The lowest BCUT2D eigenvalue weighted by atomic mass is 9.85. The molecule has 0 unspecified atom stereocenters. The number of nitrogens with zero attached hydrogens (tertiary/aromatic N) is 2. The van der Waals surface area contributed by atoms with Crippen molar-refractivity contribution in [2.75, 3.05) is 7.11 Å². The van der Waals surface area contributed by atoms with E-state index in [1.807, 2.05) is 43.7 Å². The van der Waals surface area contributed by atoms with Crippen LogP contribution in [-0.4, -0.2) is 31.0 Å². The Kier molecular flexibility index (Phi) is 6.46.